The fourth-order valence-electron chi connectivity index (χ4n) is 14.1. The number of nitriles is 1. The molecule has 0 saturated carbocycles. The smallest absolute Gasteiger partial charge is 0.333 e. The molecule has 8 aliphatic rings. The van der Waals surface area contributed by atoms with Crippen molar-refractivity contribution in [1.29, 1.82) is 5.26 Å². The number of nitrogens with zero attached hydrogens (tertiary/aromatic N) is 8. The van der Waals surface area contributed by atoms with Crippen LogP contribution in [0.15, 0.2) is 320 Å². The molecule has 582 valence electrons. The number of hydrazone groups is 2. The van der Waals surface area contributed by atoms with E-state index < -0.39 is 151 Å². The van der Waals surface area contributed by atoms with Gasteiger partial charge in [-0.3, -0.25) is 61.9 Å². The number of nitro benzene ring substituents is 1. The Morgan fingerprint density at radius 1 is 0.440 bits per heavy atom. The first kappa shape index (κ1) is 79.8. The highest BCUT2D eigenvalue weighted by atomic mass is 32.2. The third-order valence-corrected chi connectivity index (χ3v) is 26.3. The number of carboxylic acids is 1. The molecule has 30 nitrogen and oxygen atoms in total. The number of nitro groups is 1. The van der Waals surface area contributed by atoms with Gasteiger partial charge in [-0.1, -0.05) is 158 Å². The lowest BCUT2D eigenvalue weighted by Gasteiger charge is -2.31. The zero-order valence-corrected chi connectivity index (χ0v) is 63.3. The van der Waals surface area contributed by atoms with Crippen molar-refractivity contribution in [3.63, 3.8) is 0 Å². The Balaban J connectivity index is 0.000000135. The van der Waals surface area contributed by atoms with Crippen molar-refractivity contribution < 1.29 is 91.6 Å². The molecule has 0 radical (unpaired) electrons. The van der Waals surface area contributed by atoms with Crippen LogP contribution in [0.25, 0.3) is 11.1 Å². The summed E-state index contributed by atoms with van der Waals surface area (Å²) in [6.45, 7) is 1.38. The third-order valence-electron chi connectivity index (χ3n) is 19.5. The normalized spacial score (nSPS) is 21.2. The number of carboxylic acid groups (broad SMARTS) is 1. The van der Waals surface area contributed by atoms with Crippen LogP contribution in [0.4, 0.5) is 11.4 Å². The molecule has 8 aromatic carbocycles. The van der Waals surface area contributed by atoms with E-state index in [4.69, 9.17) is 0 Å². The first-order valence-corrected chi connectivity index (χ1v) is 40.6. The Kier molecular flexibility index (Phi) is 22.1. The van der Waals surface area contributed by atoms with Gasteiger partial charge in [-0.05, 0) is 118 Å². The van der Waals surface area contributed by atoms with Gasteiger partial charge in [0.2, 0.25) is 52.2 Å². The number of hydrogen-bond acceptors (Lipinski definition) is 23. The van der Waals surface area contributed by atoms with Crippen molar-refractivity contribution >= 4 is 132 Å². The number of non-ortho nitro benzene ring substituents is 1. The van der Waals surface area contributed by atoms with Gasteiger partial charge in [0.15, 0.2) is 0 Å². The van der Waals surface area contributed by atoms with Crippen LogP contribution in [0.1, 0.15) is 29.2 Å². The highest BCUT2D eigenvalue weighted by molar-refractivity contribution is 7.90. The predicted octanol–water partition coefficient (Wildman–Crippen LogP) is 7.64. The fourth-order valence-corrected chi connectivity index (χ4v) is 20.0. The molecule has 4 heterocycles. The zero-order chi connectivity index (χ0) is 82.9. The average molecular weight is 1630 g/mol. The quantitative estimate of drug-likeness (QED) is 0.0565. The van der Waals surface area contributed by atoms with Gasteiger partial charge in [-0.2, -0.15) is 41.1 Å². The minimum Gasteiger partial charge on any atom is -0.478 e. The summed E-state index contributed by atoms with van der Waals surface area (Å²) in [7, 11) is -16.3. The van der Waals surface area contributed by atoms with Crippen LogP contribution < -0.4 is 5.32 Å². The molecule has 1 amide bonds. The number of nitrogens with one attached hydrogen (secondary N) is 1. The largest absolute Gasteiger partial charge is 0.478 e. The van der Waals surface area contributed by atoms with Crippen LogP contribution in [0.2, 0.25) is 0 Å². The highest BCUT2D eigenvalue weighted by Crippen LogP contribution is 2.47. The number of carbonyl (C=O) groups is 10. The zero-order valence-electron chi connectivity index (χ0n) is 60.0. The number of sulfonamides is 4. The van der Waals surface area contributed by atoms with Crippen molar-refractivity contribution in [2.24, 2.45) is 33.9 Å². The second-order valence-electron chi connectivity index (χ2n) is 26.4. The van der Waals surface area contributed by atoms with E-state index in [0.29, 0.717) is 39.1 Å². The average Bonchev–Trinajstić information content (AvgIpc) is 1.60. The van der Waals surface area contributed by atoms with Gasteiger partial charge in [-0.25, -0.2) is 21.6 Å². The molecule has 8 aromatic rings. The molecule has 0 spiro atoms. The Bertz CT molecular complexity index is 6280. The number of allylic oxidation sites excluding steroid dienone is 4. The van der Waals surface area contributed by atoms with Crippen LogP contribution in [-0.2, 0) is 88.0 Å². The number of benzene rings is 8. The van der Waals surface area contributed by atoms with Gasteiger partial charge in [0, 0.05) is 49.3 Å². The first-order valence-electron chi connectivity index (χ1n) is 34.8. The first-order chi connectivity index (χ1) is 55.4. The number of anilines is 1. The SMILES string of the molecule is CC(=O)Nc1ccc(C2=NN(S(=O)(=O)c3ccccc3)C3C=CC(=O)C(=O)C23)cc1.N#CC1=CC(=O)C(=O)C2C(c3ccccc3)=CN(S(=O)(=O)c3ccccc3)C12.O=C(O)C1=CC(=O)C(=O)C2C(c3ccccc3)=CN(S(=O)(=O)c3ccccc3)C12.O=C1C=CC2C(C1=O)C(c1ccc([N+](=O)[O-])cc1)=NN2S(=O)(=O)c1ccccc1. The second kappa shape index (κ2) is 32.1. The Labute approximate surface area is 661 Å². The van der Waals surface area contributed by atoms with E-state index in [-0.39, 0.29) is 48.2 Å². The molecule has 2 N–H and O–H groups in total. The summed E-state index contributed by atoms with van der Waals surface area (Å²) in [5.41, 5.74) is 2.86. The number of aliphatic carboxylic acids is 1. The van der Waals surface area contributed by atoms with Crippen molar-refractivity contribution in [2.45, 2.75) is 50.7 Å². The monoisotopic (exact) mass is 1630 g/mol. The Hall–Kier alpha value is -14.3. The number of Topliss-reactive ketones (excluding diaryl/α,β-unsaturated/α-hetero) is 4. The molecule has 0 fully saturated rings. The summed E-state index contributed by atoms with van der Waals surface area (Å²) < 4.78 is 109. The van der Waals surface area contributed by atoms with E-state index >= 15 is 0 Å². The number of fused-ring (bicyclic) bond motifs is 4. The number of carbonyl (C=O) groups excluding carboxylic acids is 9. The van der Waals surface area contributed by atoms with Gasteiger partial charge in [0.05, 0.1) is 101 Å². The predicted molar refractivity (Wildman–Crippen MR) is 414 cm³/mol. The topological polar surface area (TPSA) is 444 Å². The van der Waals surface area contributed by atoms with E-state index in [2.05, 4.69) is 15.5 Å². The van der Waals surface area contributed by atoms with Crippen LogP contribution in [0, 0.1) is 45.1 Å². The minimum absolute atomic E-state index is 0.00908. The van der Waals surface area contributed by atoms with Gasteiger partial charge in [0.1, 0.15) is 0 Å². The Morgan fingerprint density at radius 3 is 1.14 bits per heavy atom. The lowest BCUT2D eigenvalue weighted by Crippen LogP contribution is -2.47. The van der Waals surface area contributed by atoms with Gasteiger partial charge >= 0.3 is 5.97 Å². The molecule has 8 unspecified atom stereocenters. The van der Waals surface area contributed by atoms with Crippen molar-refractivity contribution in [2.75, 3.05) is 5.32 Å². The summed E-state index contributed by atoms with van der Waals surface area (Å²) in [5.74, 6) is -12.3. The van der Waals surface area contributed by atoms with Crippen LogP contribution in [0.5, 0.6) is 0 Å². The lowest BCUT2D eigenvalue weighted by atomic mass is 9.78. The molecule has 0 bridgehead atoms. The lowest BCUT2D eigenvalue weighted by molar-refractivity contribution is -0.384. The maximum Gasteiger partial charge on any atom is 0.333 e. The number of rotatable bonds is 15. The van der Waals surface area contributed by atoms with Crippen molar-refractivity contribution in [3.05, 3.63) is 323 Å². The van der Waals surface area contributed by atoms with Crippen LogP contribution in [-0.4, -0.2) is 155 Å². The number of hydrogen-bond donors (Lipinski definition) is 2. The maximum absolute atomic E-state index is 13.3. The van der Waals surface area contributed by atoms with Gasteiger partial charge in [0.25, 0.3) is 45.8 Å². The summed E-state index contributed by atoms with van der Waals surface area (Å²) in [6.07, 6.45) is 9.18. The van der Waals surface area contributed by atoms with E-state index in [1.165, 1.54) is 104 Å². The summed E-state index contributed by atoms with van der Waals surface area (Å²) in [4.78, 5) is 132. The van der Waals surface area contributed by atoms with E-state index in [0.717, 1.165) is 41.7 Å². The van der Waals surface area contributed by atoms with E-state index in [1.807, 2.05) is 6.07 Å². The molecule has 0 saturated heterocycles. The molecular formula is C82H59N9O21S4. The summed E-state index contributed by atoms with van der Waals surface area (Å²) in [5, 5.41) is 41.1. The van der Waals surface area contributed by atoms with Crippen molar-refractivity contribution in [3.8, 4) is 6.07 Å². The summed E-state index contributed by atoms with van der Waals surface area (Å²) >= 11 is 0. The van der Waals surface area contributed by atoms with E-state index in [9.17, 15) is 102 Å². The fraction of sp³-hybridized carbons (Fsp3) is 0.110. The second-order valence-corrected chi connectivity index (χ2v) is 33.7. The van der Waals surface area contributed by atoms with E-state index in [1.54, 1.807) is 158 Å². The minimum atomic E-state index is -4.17. The maximum atomic E-state index is 13.3. The van der Waals surface area contributed by atoms with Crippen molar-refractivity contribution in [1.82, 2.24) is 17.4 Å². The highest BCUT2D eigenvalue weighted by Gasteiger charge is 2.55. The molecule has 8 atom stereocenters. The van der Waals surface area contributed by atoms with Crippen LogP contribution >= 0.6 is 0 Å². The molecule has 4 aliphatic carbocycles. The molecule has 34 heteroatoms. The molecule has 0 aromatic heterocycles. The summed E-state index contributed by atoms with van der Waals surface area (Å²) in [6, 6.07) is 57.3. The molecular weight excluding hydrogens is 1580 g/mol. The molecule has 16 rings (SSSR count). The van der Waals surface area contributed by atoms with Gasteiger partial charge in [-0.15, -0.1) is 0 Å². The van der Waals surface area contributed by atoms with Crippen LogP contribution in [0.3, 0.4) is 0 Å². The Morgan fingerprint density at radius 2 is 0.776 bits per heavy atom. The standard InChI is InChI=1S/C21H17N3O5S.C21H14N2O4S.C21H15NO6S.C19H13N3O6S/c1-13(25)22-15-9-7-14(8-10-15)20-19-17(11-12-18(26)21(19)27)24(23-20)30(28,29)16-5-3-2-4-6-16;22-12-15-11-18(24)21(25)19-17(14-7-3-1-4-8-14)13-23(20(15)19)28(26,27)16-9-5-2-6-10-16;23-17-11-15(21(25)26)19-18(20(17)24)16(13-7-3-1-4-8-13)12-22(19)29(27,28)14-9-5-2-6-10-14;23-16-11-10-15-17(19(16)24)18(12-6-8-13(9-7-12)22(25)26)20-21(15)29(27,28)14-4-2-1-3-5-14/h2-12,17,19H,1H3,(H,22,25);1-11,13,19-20H;1-12,18-19H,(H,25,26);1-11,15,17H. The molecule has 4 aliphatic heterocycles. The van der Waals surface area contributed by atoms with Gasteiger partial charge < -0.3 is 10.4 Å². The number of amides is 1. The third kappa shape index (κ3) is 15.1. The molecule has 116 heavy (non-hydrogen) atoms. The number of ketones is 8.